The second-order valence-electron chi connectivity index (χ2n) is 1.84. The molecule has 11 heavy (non-hydrogen) atoms. The minimum Gasteiger partial charge on any atom is -0.406 e. The number of H-pyrrole nitrogens is 1. The SMILES string of the molecule is CC(=O)Oc1c[nH]c(=O)cn1. The van der Waals surface area contributed by atoms with Gasteiger partial charge in [-0.05, 0) is 0 Å². The van der Waals surface area contributed by atoms with Gasteiger partial charge in [-0.2, -0.15) is 0 Å². The van der Waals surface area contributed by atoms with Gasteiger partial charge in [0.2, 0.25) is 5.88 Å². The van der Waals surface area contributed by atoms with Gasteiger partial charge in [0.05, 0.1) is 12.4 Å². The van der Waals surface area contributed by atoms with Gasteiger partial charge in [-0.25, -0.2) is 4.98 Å². The lowest BCUT2D eigenvalue weighted by Gasteiger charge is -1.95. The van der Waals surface area contributed by atoms with Crippen LogP contribution in [0.4, 0.5) is 0 Å². The third kappa shape index (κ3) is 2.21. The first-order valence-electron chi connectivity index (χ1n) is 2.91. The molecule has 5 nitrogen and oxygen atoms in total. The Morgan fingerprint density at radius 1 is 1.73 bits per heavy atom. The van der Waals surface area contributed by atoms with E-state index in [-0.39, 0.29) is 11.4 Å². The van der Waals surface area contributed by atoms with Crippen molar-refractivity contribution in [1.29, 1.82) is 0 Å². The Bertz CT molecular complexity index is 297. The molecule has 1 N–H and O–H groups in total. The van der Waals surface area contributed by atoms with Crippen molar-refractivity contribution in [2.75, 3.05) is 0 Å². The normalized spacial score (nSPS) is 9.18. The molecule has 5 heteroatoms. The molecule has 1 heterocycles. The highest BCUT2D eigenvalue weighted by molar-refractivity contribution is 5.68. The molecule has 0 fully saturated rings. The number of nitrogens with zero attached hydrogens (tertiary/aromatic N) is 1. The molecule has 1 aromatic heterocycles. The van der Waals surface area contributed by atoms with Gasteiger partial charge in [0, 0.05) is 6.92 Å². The molecule has 0 spiro atoms. The Morgan fingerprint density at radius 2 is 2.45 bits per heavy atom. The fraction of sp³-hybridized carbons (Fsp3) is 0.167. The van der Waals surface area contributed by atoms with Crippen molar-refractivity contribution in [3.05, 3.63) is 22.7 Å². The number of rotatable bonds is 1. The fourth-order valence-electron chi connectivity index (χ4n) is 0.533. The number of esters is 1. The van der Waals surface area contributed by atoms with E-state index in [0.29, 0.717) is 0 Å². The summed E-state index contributed by atoms with van der Waals surface area (Å²) in [4.78, 5) is 26.6. The van der Waals surface area contributed by atoms with E-state index in [1.807, 2.05) is 0 Å². The zero-order valence-corrected chi connectivity index (χ0v) is 5.83. The average molecular weight is 154 g/mol. The van der Waals surface area contributed by atoms with Crippen LogP contribution in [0, 0.1) is 0 Å². The van der Waals surface area contributed by atoms with Gasteiger partial charge in [0.1, 0.15) is 0 Å². The molecule has 0 unspecified atom stereocenters. The van der Waals surface area contributed by atoms with E-state index in [0.717, 1.165) is 6.20 Å². The summed E-state index contributed by atoms with van der Waals surface area (Å²) in [7, 11) is 0. The van der Waals surface area contributed by atoms with Crippen LogP contribution in [0.5, 0.6) is 5.88 Å². The predicted octanol–water partition coefficient (Wildman–Crippen LogP) is -0.305. The van der Waals surface area contributed by atoms with Crippen molar-refractivity contribution in [3.63, 3.8) is 0 Å². The summed E-state index contributed by atoms with van der Waals surface area (Å²) in [5.41, 5.74) is -0.332. The summed E-state index contributed by atoms with van der Waals surface area (Å²) in [5, 5.41) is 0. The molecule has 1 aromatic rings. The Labute approximate surface area is 62.0 Å². The predicted molar refractivity (Wildman–Crippen MR) is 36.2 cm³/mol. The van der Waals surface area contributed by atoms with E-state index in [2.05, 4.69) is 14.7 Å². The fourth-order valence-corrected chi connectivity index (χ4v) is 0.533. The highest BCUT2D eigenvalue weighted by Crippen LogP contribution is 1.97. The topological polar surface area (TPSA) is 72.1 Å². The highest BCUT2D eigenvalue weighted by atomic mass is 16.5. The van der Waals surface area contributed by atoms with Crippen LogP contribution < -0.4 is 10.3 Å². The smallest absolute Gasteiger partial charge is 0.309 e. The molecular formula is C6H6N2O3. The molecule has 0 aliphatic rings. The molecule has 0 saturated heterocycles. The van der Waals surface area contributed by atoms with E-state index >= 15 is 0 Å². The quantitative estimate of drug-likeness (QED) is 0.563. The van der Waals surface area contributed by atoms with E-state index in [1.54, 1.807) is 0 Å². The maximum atomic E-state index is 10.4. The molecule has 0 atom stereocenters. The van der Waals surface area contributed by atoms with Gasteiger partial charge in [-0.15, -0.1) is 0 Å². The molecule has 0 aliphatic heterocycles. The summed E-state index contributed by atoms with van der Waals surface area (Å²) in [5.74, 6) is -0.373. The van der Waals surface area contributed by atoms with Crippen LogP contribution >= 0.6 is 0 Å². The Hall–Kier alpha value is -1.65. The molecule has 0 saturated carbocycles. The second-order valence-corrected chi connectivity index (χ2v) is 1.84. The number of hydrogen-bond donors (Lipinski definition) is 1. The maximum Gasteiger partial charge on any atom is 0.309 e. The van der Waals surface area contributed by atoms with Crippen LogP contribution in [0.25, 0.3) is 0 Å². The third-order valence-corrected chi connectivity index (χ3v) is 0.895. The number of hydrogen-bond acceptors (Lipinski definition) is 4. The minimum absolute atomic E-state index is 0.0945. The summed E-state index contributed by atoms with van der Waals surface area (Å²) in [6, 6.07) is 0. The molecule has 0 aromatic carbocycles. The lowest BCUT2D eigenvalue weighted by Crippen LogP contribution is -2.08. The Balaban J connectivity index is 2.82. The van der Waals surface area contributed by atoms with Gasteiger partial charge >= 0.3 is 5.97 Å². The average Bonchev–Trinajstić information content (AvgIpc) is 1.93. The Morgan fingerprint density at radius 3 is 2.91 bits per heavy atom. The zero-order chi connectivity index (χ0) is 8.27. The lowest BCUT2D eigenvalue weighted by molar-refractivity contribution is -0.132. The number of nitrogens with one attached hydrogen (secondary N) is 1. The summed E-state index contributed by atoms with van der Waals surface area (Å²) in [6.07, 6.45) is 2.27. The van der Waals surface area contributed by atoms with Crippen LogP contribution in [-0.4, -0.2) is 15.9 Å². The summed E-state index contributed by atoms with van der Waals surface area (Å²) >= 11 is 0. The number of ether oxygens (including phenoxy) is 1. The zero-order valence-electron chi connectivity index (χ0n) is 5.83. The van der Waals surface area contributed by atoms with E-state index in [1.165, 1.54) is 13.1 Å². The van der Waals surface area contributed by atoms with Crippen LogP contribution in [-0.2, 0) is 4.79 Å². The minimum atomic E-state index is -0.468. The first-order chi connectivity index (χ1) is 5.18. The Kier molecular flexibility index (Phi) is 2.00. The van der Waals surface area contributed by atoms with Crippen LogP contribution in [0.15, 0.2) is 17.2 Å². The van der Waals surface area contributed by atoms with Gasteiger partial charge in [-0.3, -0.25) is 9.59 Å². The van der Waals surface area contributed by atoms with Crippen molar-refractivity contribution in [3.8, 4) is 5.88 Å². The molecule has 0 amide bonds. The number of aromatic amines is 1. The van der Waals surface area contributed by atoms with Crippen LogP contribution in [0.2, 0.25) is 0 Å². The lowest BCUT2D eigenvalue weighted by atomic mass is 10.7. The molecular weight excluding hydrogens is 148 g/mol. The van der Waals surface area contributed by atoms with E-state index in [9.17, 15) is 9.59 Å². The van der Waals surface area contributed by atoms with Crippen molar-refractivity contribution in [2.45, 2.75) is 6.92 Å². The number of carbonyl (C=O) groups is 1. The van der Waals surface area contributed by atoms with Gasteiger partial charge in [0.15, 0.2) is 0 Å². The number of aromatic nitrogens is 2. The monoisotopic (exact) mass is 154 g/mol. The van der Waals surface area contributed by atoms with Crippen molar-refractivity contribution < 1.29 is 9.53 Å². The maximum absolute atomic E-state index is 10.4. The molecule has 1 rings (SSSR count). The molecule has 0 radical (unpaired) electrons. The molecule has 58 valence electrons. The van der Waals surface area contributed by atoms with Gasteiger partial charge in [0.25, 0.3) is 5.56 Å². The van der Waals surface area contributed by atoms with Crippen LogP contribution in [0.3, 0.4) is 0 Å². The van der Waals surface area contributed by atoms with Gasteiger partial charge < -0.3 is 9.72 Å². The van der Waals surface area contributed by atoms with E-state index in [4.69, 9.17) is 0 Å². The first-order valence-corrected chi connectivity index (χ1v) is 2.91. The summed E-state index contributed by atoms with van der Waals surface area (Å²) < 4.78 is 4.55. The van der Waals surface area contributed by atoms with Gasteiger partial charge in [-0.1, -0.05) is 0 Å². The highest BCUT2D eigenvalue weighted by Gasteiger charge is 1.96. The van der Waals surface area contributed by atoms with Crippen molar-refractivity contribution >= 4 is 5.97 Å². The number of carbonyl (C=O) groups excluding carboxylic acids is 1. The second kappa shape index (κ2) is 2.96. The van der Waals surface area contributed by atoms with Crippen LogP contribution in [0.1, 0.15) is 6.92 Å². The van der Waals surface area contributed by atoms with E-state index < -0.39 is 5.97 Å². The standard InChI is InChI=1S/C6H6N2O3/c1-4(9)11-6-3-7-5(10)2-8-6/h2-3H,1H3,(H,7,10). The van der Waals surface area contributed by atoms with Crippen molar-refractivity contribution in [1.82, 2.24) is 9.97 Å². The molecule has 0 aliphatic carbocycles. The molecule has 0 bridgehead atoms. The largest absolute Gasteiger partial charge is 0.406 e. The van der Waals surface area contributed by atoms with Crippen molar-refractivity contribution in [2.24, 2.45) is 0 Å². The first kappa shape index (κ1) is 7.46. The third-order valence-electron chi connectivity index (χ3n) is 0.895. The summed E-state index contributed by atoms with van der Waals surface area (Å²) in [6.45, 7) is 1.26.